The van der Waals surface area contributed by atoms with Gasteiger partial charge in [-0.15, -0.1) is 0 Å². The normalized spacial score (nSPS) is 20.5. The first-order valence-corrected chi connectivity index (χ1v) is 9.68. The van der Waals surface area contributed by atoms with E-state index in [9.17, 15) is 4.79 Å². The van der Waals surface area contributed by atoms with E-state index in [4.69, 9.17) is 4.42 Å². The summed E-state index contributed by atoms with van der Waals surface area (Å²) >= 11 is 0. The summed E-state index contributed by atoms with van der Waals surface area (Å²) in [6, 6.07) is 10.5. The van der Waals surface area contributed by atoms with Gasteiger partial charge in [-0.25, -0.2) is 0 Å². The highest BCUT2D eigenvalue weighted by molar-refractivity contribution is 5.79. The Kier molecular flexibility index (Phi) is 4.07. The molecule has 1 aromatic carbocycles. The number of oxazole rings is 1. The van der Waals surface area contributed by atoms with Gasteiger partial charge < -0.3 is 14.2 Å². The van der Waals surface area contributed by atoms with Crippen LogP contribution >= 0.6 is 0 Å². The number of rotatable bonds is 2. The second kappa shape index (κ2) is 6.72. The molecule has 1 saturated heterocycles. The molecule has 1 unspecified atom stereocenters. The highest BCUT2D eigenvalue weighted by Crippen LogP contribution is 2.25. The summed E-state index contributed by atoms with van der Waals surface area (Å²) in [4.78, 5) is 21.8. The number of benzene rings is 1. The summed E-state index contributed by atoms with van der Waals surface area (Å²) in [5.74, 6) is 0.354. The smallest absolute Gasteiger partial charge is 0.298 e. The zero-order chi connectivity index (χ0) is 18.2. The maximum atomic E-state index is 13.1. The molecule has 0 bridgehead atoms. The molecule has 0 N–H and O–H groups in total. The molecule has 1 atom stereocenters. The Bertz CT molecular complexity index is 929. The molecule has 140 valence electrons. The van der Waals surface area contributed by atoms with Crippen molar-refractivity contribution < 1.29 is 9.21 Å². The van der Waals surface area contributed by atoms with Gasteiger partial charge in [-0.05, 0) is 31.0 Å². The summed E-state index contributed by atoms with van der Waals surface area (Å²) in [5, 5.41) is 4.31. The summed E-state index contributed by atoms with van der Waals surface area (Å²) in [6.45, 7) is 3.96. The van der Waals surface area contributed by atoms with Crippen LogP contribution in [0.25, 0.3) is 11.1 Å². The van der Waals surface area contributed by atoms with Crippen molar-refractivity contribution in [2.24, 2.45) is 5.92 Å². The van der Waals surface area contributed by atoms with Crippen molar-refractivity contribution in [1.29, 1.82) is 0 Å². The molecule has 1 amide bonds. The number of aryl methyl sites for hydroxylation is 1. The minimum absolute atomic E-state index is 0.0741. The van der Waals surface area contributed by atoms with E-state index in [1.165, 1.54) is 5.69 Å². The Labute approximate surface area is 157 Å². The lowest BCUT2D eigenvalue weighted by molar-refractivity contribution is -0.136. The van der Waals surface area contributed by atoms with Crippen LogP contribution in [0.1, 0.15) is 18.5 Å². The number of fused-ring (bicyclic) bond motifs is 2. The van der Waals surface area contributed by atoms with Crippen LogP contribution in [0.2, 0.25) is 0 Å². The molecule has 0 aliphatic carbocycles. The lowest BCUT2D eigenvalue weighted by Crippen LogP contribution is -2.41. The van der Waals surface area contributed by atoms with E-state index >= 15 is 0 Å². The van der Waals surface area contributed by atoms with Gasteiger partial charge in [-0.3, -0.25) is 9.48 Å². The molecular formula is C20H23N5O2. The van der Waals surface area contributed by atoms with E-state index in [0.29, 0.717) is 12.6 Å². The predicted octanol–water partition coefficient (Wildman–Crippen LogP) is 2.33. The van der Waals surface area contributed by atoms with Crippen molar-refractivity contribution in [2.45, 2.75) is 25.8 Å². The second-order valence-electron chi connectivity index (χ2n) is 7.37. The number of para-hydroxylation sites is 2. The molecule has 3 aromatic rings. The minimum Gasteiger partial charge on any atom is -0.423 e. The van der Waals surface area contributed by atoms with Gasteiger partial charge in [0.05, 0.1) is 0 Å². The van der Waals surface area contributed by atoms with Crippen molar-refractivity contribution in [2.75, 3.05) is 31.1 Å². The Morgan fingerprint density at radius 3 is 2.93 bits per heavy atom. The number of hydrogen-bond donors (Lipinski definition) is 0. The summed E-state index contributed by atoms with van der Waals surface area (Å²) < 4.78 is 7.92. The van der Waals surface area contributed by atoms with Crippen LogP contribution in [-0.2, 0) is 17.8 Å². The third kappa shape index (κ3) is 3.07. The number of hydrogen-bond acceptors (Lipinski definition) is 5. The van der Waals surface area contributed by atoms with E-state index in [-0.39, 0.29) is 11.8 Å². The maximum absolute atomic E-state index is 13.1. The van der Waals surface area contributed by atoms with Crippen molar-refractivity contribution >= 4 is 23.0 Å². The van der Waals surface area contributed by atoms with Crippen molar-refractivity contribution in [3.63, 3.8) is 0 Å². The largest absolute Gasteiger partial charge is 0.423 e. The van der Waals surface area contributed by atoms with E-state index in [1.807, 2.05) is 46.1 Å². The molecule has 1 fully saturated rings. The molecule has 27 heavy (non-hydrogen) atoms. The first-order chi connectivity index (χ1) is 13.3. The number of carbonyl (C=O) groups excluding carboxylic acids is 1. The van der Waals surface area contributed by atoms with Crippen LogP contribution in [0.5, 0.6) is 0 Å². The lowest BCUT2D eigenvalue weighted by atomic mass is 9.94. The van der Waals surface area contributed by atoms with Crippen LogP contribution in [-0.4, -0.2) is 51.8 Å². The fourth-order valence-electron chi connectivity index (χ4n) is 4.16. The molecule has 7 nitrogen and oxygen atoms in total. The zero-order valence-electron chi connectivity index (χ0n) is 15.3. The quantitative estimate of drug-likeness (QED) is 0.697. The fourth-order valence-corrected chi connectivity index (χ4v) is 4.16. The SMILES string of the molecule is O=C(C1CCn2nccc2C1)N1CCCN(c2nc3ccccc3o2)CC1. The van der Waals surface area contributed by atoms with Gasteiger partial charge >= 0.3 is 0 Å². The predicted molar refractivity (Wildman–Crippen MR) is 101 cm³/mol. The van der Waals surface area contributed by atoms with E-state index in [2.05, 4.69) is 15.0 Å². The van der Waals surface area contributed by atoms with Gasteiger partial charge in [0.25, 0.3) is 6.01 Å². The van der Waals surface area contributed by atoms with Crippen LogP contribution in [0.4, 0.5) is 6.01 Å². The van der Waals surface area contributed by atoms with Crippen molar-refractivity contribution in [1.82, 2.24) is 19.7 Å². The molecule has 0 spiro atoms. The number of anilines is 1. The number of amides is 1. The average Bonchev–Trinajstić information content (AvgIpc) is 3.27. The van der Waals surface area contributed by atoms with E-state index in [1.54, 1.807) is 0 Å². The van der Waals surface area contributed by atoms with E-state index < -0.39 is 0 Å². The molecule has 2 aromatic heterocycles. The highest BCUT2D eigenvalue weighted by atomic mass is 16.4. The summed E-state index contributed by atoms with van der Waals surface area (Å²) in [5.41, 5.74) is 2.86. The average molecular weight is 365 g/mol. The molecule has 7 heteroatoms. The molecule has 2 aliphatic rings. The molecule has 4 heterocycles. The van der Waals surface area contributed by atoms with Crippen molar-refractivity contribution in [3.8, 4) is 0 Å². The Morgan fingerprint density at radius 1 is 1.07 bits per heavy atom. The van der Waals surface area contributed by atoms with Gasteiger partial charge in [-0.2, -0.15) is 10.1 Å². The van der Waals surface area contributed by atoms with Gasteiger partial charge in [0.15, 0.2) is 5.58 Å². The minimum atomic E-state index is 0.0741. The zero-order valence-corrected chi connectivity index (χ0v) is 15.3. The Hall–Kier alpha value is -2.83. The van der Waals surface area contributed by atoms with Crippen molar-refractivity contribution in [3.05, 3.63) is 42.2 Å². The summed E-state index contributed by atoms with van der Waals surface area (Å²) in [7, 11) is 0. The maximum Gasteiger partial charge on any atom is 0.298 e. The fraction of sp³-hybridized carbons (Fsp3) is 0.450. The lowest BCUT2D eigenvalue weighted by Gasteiger charge is -2.29. The number of aromatic nitrogens is 3. The van der Waals surface area contributed by atoms with E-state index in [0.717, 1.165) is 56.5 Å². The van der Waals surface area contributed by atoms with Crippen LogP contribution in [0.3, 0.4) is 0 Å². The second-order valence-corrected chi connectivity index (χ2v) is 7.37. The molecule has 0 saturated carbocycles. The first kappa shape index (κ1) is 16.4. The first-order valence-electron chi connectivity index (χ1n) is 9.68. The molecular weight excluding hydrogens is 342 g/mol. The third-order valence-electron chi connectivity index (χ3n) is 5.66. The van der Waals surface area contributed by atoms with Crippen LogP contribution < -0.4 is 4.90 Å². The van der Waals surface area contributed by atoms with Crippen LogP contribution in [0, 0.1) is 5.92 Å². The van der Waals surface area contributed by atoms with Gasteiger partial charge in [0.2, 0.25) is 5.91 Å². The van der Waals surface area contributed by atoms with Gasteiger partial charge in [-0.1, -0.05) is 12.1 Å². The topological polar surface area (TPSA) is 67.4 Å². The molecule has 2 aliphatic heterocycles. The molecule has 0 radical (unpaired) electrons. The standard InChI is InChI=1S/C20H23N5O2/c26-19(15-7-11-25-16(14-15)6-8-21-25)23-9-3-10-24(13-12-23)20-22-17-4-1-2-5-18(17)27-20/h1-2,4-6,8,15H,3,7,9-14H2. The summed E-state index contributed by atoms with van der Waals surface area (Å²) in [6.07, 6.45) is 4.42. The monoisotopic (exact) mass is 365 g/mol. The Balaban J connectivity index is 1.26. The highest BCUT2D eigenvalue weighted by Gasteiger charge is 2.30. The number of nitrogens with zero attached hydrogens (tertiary/aromatic N) is 5. The van der Waals surface area contributed by atoms with Crippen LogP contribution in [0.15, 0.2) is 40.9 Å². The Morgan fingerprint density at radius 2 is 2.00 bits per heavy atom. The molecule has 5 rings (SSSR count). The van der Waals surface area contributed by atoms with Gasteiger partial charge in [0.1, 0.15) is 5.52 Å². The third-order valence-corrected chi connectivity index (χ3v) is 5.66. The van der Waals surface area contributed by atoms with Gasteiger partial charge in [0, 0.05) is 57.0 Å². The number of carbonyl (C=O) groups is 1.